The SMILES string of the molecule is CCOc1ccc(C(=O)NCC(=O)NCCCOc2cc(C)cc(C)c2C)cc1. The third kappa shape index (κ3) is 7.14. The molecule has 0 saturated carbocycles. The van der Waals surface area contributed by atoms with Crippen molar-refractivity contribution in [3.05, 3.63) is 58.7 Å². The van der Waals surface area contributed by atoms with E-state index in [0.717, 1.165) is 11.3 Å². The topological polar surface area (TPSA) is 76.7 Å². The first-order chi connectivity index (χ1) is 13.9. The molecule has 0 bridgehead atoms. The number of ether oxygens (including phenoxy) is 2. The van der Waals surface area contributed by atoms with Crippen LogP contribution in [0.25, 0.3) is 0 Å². The Hall–Kier alpha value is -3.02. The van der Waals surface area contributed by atoms with Gasteiger partial charge < -0.3 is 20.1 Å². The molecule has 0 aromatic heterocycles. The van der Waals surface area contributed by atoms with Gasteiger partial charge in [0.15, 0.2) is 0 Å². The molecule has 2 aromatic carbocycles. The first-order valence-corrected chi connectivity index (χ1v) is 9.89. The summed E-state index contributed by atoms with van der Waals surface area (Å²) in [5, 5.41) is 5.40. The van der Waals surface area contributed by atoms with Crippen molar-refractivity contribution in [3.8, 4) is 11.5 Å². The van der Waals surface area contributed by atoms with Gasteiger partial charge in [0.25, 0.3) is 5.91 Å². The lowest BCUT2D eigenvalue weighted by Gasteiger charge is -2.12. The maximum atomic E-state index is 12.1. The van der Waals surface area contributed by atoms with Crippen LogP contribution in [0.1, 0.15) is 40.4 Å². The Bertz CT molecular complexity index is 832. The number of hydrogen-bond acceptors (Lipinski definition) is 4. The predicted molar refractivity (Wildman–Crippen MR) is 114 cm³/mol. The second-order valence-corrected chi connectivity index (χ2v) is 6.90. The summed E-state index contributed by atoms with van der Waals surface area (Å²) < 4.78 is 11.2. The summed E-state index contributed by atoms with van der Waals surface area (Å²) in [5.41, 5.74) is 3.99. The molecule has 0 spiro atoms. The minimum Gasteiger partial charge on any atom is -0.494 e. The van der Waals surface area contributed by atoms with E-state index < -0.39 is 0 Å². The summed E-state index contributed by atoms with van der Waals surface area (Å²) in [7, 11) is 0. The standard InChI is InChI=1S/C23H30N2O4/c1-5-28-20-9-7-19(8-10-20)23(27)25-15-22(26)24-11-6-12-29-21-14-16(2)13-17(3)18(21)4/h7-10,13-14H,5-6,11-12,15H2,1-4H3,(H,24,26)(H,25,27). The number of rotatable bonds is 10. The summed E-state index contributed by atoms with van der Waals surface area (Å²) in [5.74, 6) is 1.07. The van der Waals surface area contributed by atoms with Crippen LogP contribution in [0.3, 0.4) is 0 Å². The van der Waals surface area contributed by atoms with Crippen LogP contribution in [-0.4, -0.2) is 38.1 Å². The molecule has 156 valence electrons. The van der Waals surface area contributed by atoms with E-state index in [1.165, 1.54) is 11.1 Å². The van der Waals surface area contributed by atoms with Gasteiger partial charge in [-0.05, 0) is 81.1 Å². The number of amides is 2. The smallest absolute Gasteiger partial charge is 0.251 e. The third-order valence-electron chi connectivity index (χ3n) is 4.50. The van der Waals surface area contributed by atoms with E-state index in [-0.39, 0.29) is 18.4 Å². The van der Waals surface area contributed by atoms with E-state index in [1.54, 1.807) is 24.3 Å². The van der Waals surface area contributed by atoms with Crippen LogP contribution in [0.5, 0.6) is 11.5 Å². The third-order valence-corrected chi connectivity index (χ3v) is 4.50. The van der Waals surface area contributed by atoms with Crippen molar-refractivity contribution in [2.24, 2.45) is 0 Å². The van der Waals surface area contributed by atoms with Crippen molar-refractivity contribution in [3.63, 3.8) is 0 Å². The molecule has 0 aliphatic carbocycles. The average Bonchev–Trinajstić information content (AvgIpc) is 2.70. The summed E-state index contributed by atoms with van der Waals surface area (Å²) in [6.07, 6.45) is 0.686. The van der Waals surface area contributed by atoms with Crippen molar-refractivity contribution in [2.75, 3.05) is 26.3 Å². The van der Waals surface area contributed by atoms with Crippen molar-refractivity contribution in [2.45, 2.75) is 34.1 Å². The fourth-order valence-electron chi connectivity index (χ4n) is 2.83. The Morgan fingerprint density at radius 3 is 2.38 bits per heavy atom. The van der Waals surface area contributed by atoms with Gasteiger partial charge in [-0.25, -0.2) is 0 Å². The zero-order valence-electron chi connectivity index (χ0n) is 17.6. The van der Waals surface area contributed by atoms with Crippen LogP contribution in [0, 0.1) is 20.8 Å². The molecule has 29 heavy (non-hydrogen) atoms. The zero-order valence-corrected chi connectivity index (χ0v) is 17.6. The molecule has 0 fully saturated rings. The molecule has 0 aliphatic heterocycles. The number of aryl methyl sites for hydroxylation is 2. The first kappa shape index (κ1) is 22.3. The largest absolute Gasteiger partial charge is 0.494 e. The molecule has 0 saturated heterocycles. The average molecular weight is 399 g/mol. The van der Waals surface area contributed by atoms with E-state index in [0.29, 0.717) is 37.5 Å². The molecule has 6 heteroatoms. The maximum Gasteiger partial charge on any atom is 0.251 e. The Morgan fingerprint density at radius 1 is 0.966 bits per heavy atom. The lowest BCUT2D eigenvalue weighted by molar-refractivity contribution is -0.120. The molecular formula is C23H30N2O4. The molecular weight excluding hydrogens is 368 g/mol. The Kier molecular flexibility index (Phi) is 8.52. The number of carbonyl (C=O) groups is 2. The highest BCUT2D eigenvalue weighted by atomic mass is 16.5. The molecule has 0 aliphatic rings. The van der Waals surface area contributed by atoms with Crippen molar-refractivity contribution in [1.29, 1.82) is 0 Å². The fraction of sp³-hybridized carbons (Fsp3) is 0.391. The van der Waals surface area contributed by atoms with Crippen LogP contribution in [-0.2, 0) is 4.79 Å². The summed E-state index contributed by atoms with van der Waals surface area (Å²) in [6.45, 7) is 9.56. The van der Waals surface area contributed by atoms with Gasteiger partial charge in [-0.15, -0.1) is 0 Å². The molecule has 2 amide bonds. The van der Waals surface area contributed by atoms with Crippen molar-refractivity contribution >= 4 is 11.8 Å². The molecule has 2 aromatic rings. The van der Waals surface area contributed by atoms with Crippen molar-refractivity contribution < 1.29 is 19.1 Å². The van der Waals surface area contributed by atoms with Crippen LogP contribution in [0.15, 0.2) is 36.4 Å². The normalized spacial score (nSPS) is 10.3. The molecule has 0 heterocycles. The lowest BCUT2D eigenvalue weighted by atomic mass is 10.1. The molecule has 2 rings (SSSR count). The zero-order chi connectivity index (χ0) is 21.2. The Balaban J connectivity index is 1.65. The van der Waals surface area contributed by atoms with E-state index in [2.05, 4.69) is 23.6 Å². The molecule has 0 unspecified atom stereocenters. The monoisotopic (exact) mass is 398 g/mol. The van der Waals surface area contributed by atoms with Gasteiger partial charge in [0.2, 0.25) is 5.91 Å². The quantitative estimate of drug-likeness (QED) is 0.602. The lowest BCUT2D eigenvalue weighted by Crippen LogP contribution is -2.37. The second-order valence-electron chi connectivity index (χ2n) is 6.90. The highest BCUT2D eigenvalue weighted by Gasteiger charge is 2.08. The van der Waals surface area contributed by atoms with Gasteiger partial charge in [-0.1, -0.05) is 6.07 Å². The molecule has 0 radical (unpaired) electrons. The second kappa shape index (κ2) is 11.1. The number of hydrogen-bond donors (Lipinski definition) is 2. The van der Waals surface area contributed by atoms with Gasteiger partial charge >= 0.3 is 0 Å². The number of carbonyl (C=O) groups excluding carboxylic acids is 2. The minimum atomic E-state index is -0.295. The van der Waals surface area contributed by atoms with E-state index in [1.807, 2.05) is 26.8 Å². The van der Waals surface area contributed by atoms with Gasteiger partial charge in [-0.2, -0.15) is 0 Å². The highest BCUT2D eigenvalue weighted by molar-refractivity contribution is 5.96. The fourth-order valence-corrected chi connectivity index (χ4v) is 2.83. The predicted octanol–water partition coefficient (Wildman–Crippen LogP) is 3.33. The van der Waals surface area contributed by atoms with Gasteiger partial charge in [0.05, 0.1) is 19.8 Å². The molecule has 2 N–H and O–H groups in total. The number of nitrogens with one attached hydrogen (secondary N) is 2. The van der Waals surface area contributed by atoms with Crippen LogP contribution in [0.2, 0.25) is 0 Å². The molecule has 6 nitrogen and oxygen atoms in total. The first-order valence-electron chi connectivity index (χ1n) is 9.89. The number of benzene rings is 2. The highest BCUT2D eigenvalue weighted by Crippen LogP contribution is 2.23. The van der Waals surface area contributed by atoms with Gasteiger partial charge in [0, 0.05) is 12.1 Å². The Labute approximate surface area is 172 Å². The van der Waals surface area contributed by atoms with E-state index in [4.69, 9.17) is 9.47 Å². The molecule has 0 atom stereocenters. The van der Waals surface area contributed by atoms with Crippen LogP contribution >= 0.6 is 0 Å². The summed E-state index contributed by atoms with van der Waals surface area (Å²) in [4.78, 5) is 24.0. The van der Waals surface area contributed by atoms with E-state index in [9.17, 15) is 9.59 Å². The van der Waals surface area contributed by atoms with Gasteiger partial charge in [0.1, 0.15) is 11.5 Å². The Morgan fingerprint density at radius 2 is 1.69 bits per heavy atom. The van der Waals surface area contributed by atoms with E-state index >= 15 is 0 Å². The minimum absolute atomic E-state index is 0.0664. The van der Waals surface area contributed by atoms with Gasteiger partial charge in [-0.3, -0.25) is 9.59 Å². The maximum absolute atomic E-state index is 12.1. The van der Waals surface area contributed by atoms with Crippen LogP contribution < -0.4 is 20.1 Å². The van der Waals surface area contributed by atoms with Crippen LogP contribution in [0.4, 0.5) is 0 Å². The summed E-state index contributed by atoms with van der Waals surface area (Å²) in [6, 6.07) is 11.0. The summed E-state index contributed by atoms with van der Waals surface area (Å²) >= 11 is 0. The van der Waals surface area contributed by atoms with Crippen molar-refractivity contribution in [1.82, 2.24) is 10.6 Å².